The van der Waals surface area contributed by atoms with Gasteiger partial charge in [-0.2, -0.15) is 10.2 Å². The van der Waals surface area contributed by atoms with Gasteiger partial charge in [0.1, 0.15) is 0 Å². The molecule has 0 spiro atoms. The van der Waals surface area contributed by atoms with Crippen LogP contribution in [0.4, 0.5) is 0 Å². The lowest BCUT2D eigenvalue weighted by Crippen LogP contribution is -2.39. The first-order valence-corrected chi connectivity index (χ1v) is 12.9. The van der Waals surface area contributed by atoms with E-state index >= 15 is 0 Å². The Labute approximate surface area is 160 Å². The quantitative estimate of drug-likeness (QED) is 0.484. The highest BCUT2D eigenvalue weighted by atomic mass is 32.3. The van der Waals surface area contributed by atoms with Crippen molar-refractivity contribution < 1.29 is 0 Å². The highest BCUT2D eigenvalue weighted by Crippen LogP contribution is 2.65. The van der Waals surface area contributed by atoms with Crippen molar-refractivity contribution in [1.29, 1.82) is 0 Å². The van der Waals surface area contributed by atoms with E-state index in [1.54, 1.807) is 16.0 Å². The van der Waals surface area contributed by atoms with Crippen molar-refractivity contribution in [3.05, 3.63) is 40.3 Å². The van der Waals surface area contributed by atoms with E-state index in [1.165, 1.54) is 25.1 Å². The molecule has 1 nitrogen and oxygen atoms in total. The van der Waals surface area contributed by atoms with E-state index < -0.39 is 10.2 Å². The number of fused-ring (bicyclic) bond motifs is 5. The second-order valence-corrected chi connectivity index (χ2v) is 14.1. The van der Waals surface area contributed by atoms with Crippen LogP contribution in [0.3, 0.4) is 0 Å². The van der Waals surface area contributed by atoms with Gasteiger partial charge in [0.15, 0.2) is 0 Å². The van der Waals surface area contributed by atoms with Crippen molar-refractivity contribution in [3.63, 3.8) is 0 Å². The van der Waals surface area contributed by atoms with Crippen LogP contribution in [0, 0.1) is 0 Å². The normalized spacial score (nSPS) is 19.2. The summed E-state index contributed by atoms with van der Waals surface area (Å²) < 4.78 is 8.38. The average Bonchev–Trinajstić information content (AvgIpc) is 3.06. The number of nitrogens with one attached hydrogen (secondary N) is 1. The van der Waals surface area contributed by atoms with Crippen molar-refractivity contribution in [1.82, 2.24) is 4.72 Å². The summed E-state index contributed by atoms with van der Waals surface area (Å²) >= 11 is 4.01. The molecule has 0 amide bonds. The van der Waals surface area contributed by atoms with Crippen molar-refractivity contribution in [3.8, 4) is 0 Å². The zero-order valence-electron chi connectivity index (χ0n) is 16.1. The predicted octanol–water partition coefficient (Wildman–Crippen LogP) is 7.33. The van der Waals surface area contributed by atoms with Gasteiger partial charge in [-0.3, -0.25) is 4.72 Å². The Balaban J connectivity index is 1.94. The number of thiophene rings is 2. The first kappa shape index (κ1) is 17.6. The Kier molecular flexibility index (Phi) is 3.94. The Morgan fingerprint density at radius 3 is 2.36 bits per heavy atom. The molecule has 1 atom stereocenters. The molecule has 25 heavy (non-hydrogen) atoms. The summed E-state index contributed by atoms with van der Waals surface area (Å²) in [6.07, 6.45) is 4.89. The van der Waals surface area contributed by atoms with Gasteiger partial charge in [-0.05, 0) is 58.8 Å². The molecule has 0 aliphatic heterocycles. The Morgan fingerprint density at radius 2 is 1.68 bits per heavy atom. The van der Waals surface area contributed by atoms with E-state index in [1.807, 2.05) is 22.7 Å². The largest absolute Gasteiger partial charge is 0.275 e. The van der Waals surface area contributed by atoms with Gasteiger partial charge in [0, 0.05) is 26.1 Å². The Hall–Kier alpha value is -0.810. The second kappa shape index (κ2) is 5.59. The summed E-state index contributed by atoms with van der Waals surface area (Å²) in [5, 5.41) is 1.97. The fourth-order valence-corrected chi connectivity index (χ4v) is 11.5. The molecule has 0 saturated carbocycles. The van der Waals surface area contributed by atoms with E-state index in [9.17, 15) is 0 Å². The third kappa shape index (κ3) is 2.69. The van der Waals surface area contributed by atoms with Gasteiger partial charge in [0.05, 0.1) is 14.6 Å². The van der Waals surface area contributed by atoms with Gasteiger partial charge in [-0.25, -0.2) is 0 Å². The first-order valence-electron chi connectivity index (χ1n) is 8.73. The Morgan fingerprint density at radius 1 is 1.00 bits per heavy atom. The van der Waals surface area contributed by atoms with Crippen LogP contribution in [0.25, 0.3) is 25.1 Å². The van der Waals surface area contributed by atoms with Crippen LogP contribution in [0.15, 0.2) is 29.8 Å². The van der Waals surface area contributed by atoms with Crippen LogP contribution < -0.4 is 4.72 Å². The highest BCUT2D eigenvalue weighted by Gasteiger charge is 2.39. The summed E-state index contributed by atoms with van der Waals surface area (Å²) in [5.74, 6) is 0. The fraction of sp³-hybridized carbons (Fsp3) is 0.429. The maximum Gasteiger partial charge on any atom is 0.0562 e. The van der Waals surface area contributed by atoms with Crippen LogP contribution in [0.1, 0.15) is 50.3 Å². The smallest absolute Gasteiger partial charge is 0.0562 e. The van der Waals surface area contributed by atoms with Crippen LogP contribution in [0.2, 0.25) is 0 Å². The molecule has 0 fully saturated rings. The Bertz CT molecular complexity index is 1010. The summed E-state index contributed by atoms with van der Waals surface area (Å²) in [7, 11) is -0.985. The third-order valence-corrected chi connectivity index (χ3v) is 10.7. The van der Waals surface area contributed by atoms with Crippen molar-refractivity contribution in [2.75, 3.05) is 12.5 Å². The third-order valence-electron chi connectivity index (χ3n) is 4.99. The molecule has 1 unspecified atom stereocenters. The van der Waals surface area contributed by atoms with Crippen LogP contribution in [-0.4, -0.2) is 18.1 Å². The number of allylic oxidation sites excluding steroid dienone is 1. The maximum absolute atomic E-state index is 3.96. The molecule has 134 valence electrons. The summed E-state index contributed by atoms with van der Waals surface area (Å²) in [5.41, 5.74) is 4.75. The lowest BCUT2D eigenvalue weighted by atomic mass is 10.1. The van der Waals surface area contributed by atoms with Crippen LogP contribution in [0.5, 0.6) is 0 Å². The molecule has 4 heteroatoms. The molecule has 3 aromatic rings. The average molecular weight is 390 g/mol. The fourth-order valence-electron chi connectivity index (χ4n) is 4.25. The van der Waals surface area contributed by atoms with Crippen molar-refractivity contribution in [2.45, 2.75) is 45.4 Å². The van der Waals surface area contributed by atoms with Crippen LogP contribution >= 0.6 is 32.9 Å². The number of hydrogen-bond acceptors (Lipinski definition) is 3. The molecule has 2 heterocycles. The van der Waals surface area contributed by atoms with Crippen molar-refractivity contribution in [2.24, 2.45) is 0 Å². The van der Waals surface area contributed by atoms with Gasteiger partial charge in [-0.1, -0.05) is 23.8 Å². The standard InChI is InChI=1S/C21H27NS3/c1-12-13(2)20(25(6,7)22-21(3,4)5)19-16(12)18-17(24-19)14-10-8-9-11-15(14)23-18/h8-11,20,22H,1-7H3. The molecular weight excluding hydrogens is 362 g/mol. The van der Waals surface area contributed by atoms with Crippen LogP contribution in [-0.2, 0) is 0 Å². The molecule has 1 aliphatic carbocycles. The SMILES string of the molecule is CC1=C(C)C(S(C)(C)NC(C)(C)C)c2sc3c(sc4ccccc43)c21. The summed E-state index contributed by atoms with van der Waals surface area (Å²) in [4.78, 5) is 1.60. The molecular formula is C21H27NS3. The van der Waals surface area contributed by atoms with Gasteiger partial charge in [0.25, 0.3) is 0 Å². The molecule has 1 aromatic carbocycles. The molecule has 0 bridgehead atoms. The predicted molar refractivity (Wildman–Crippen MR) is 121 cm³/mol. The van der Waals surface area contributed by atoms with E-state index in [0.29, 0.717) is 5.25 Å². The van der Waals surface area contributed by atoms with E-state index in [0.717, 1.165) is 0 Å². The van der Waals surface area contributed by atoms with Gasteiger partial charge < -0.3 is 0 Å². The van der Waals surface area contributed by atoms with E-state index in [2.05, 4.69) is 76.1 Å². The number of rotatable bonds is 2. The van der Waals surface area contributed by atoms with Gasteiger partial charge >= 0.3 is 0 Å². The zero-order chi connectivity index (χ0) is 18.1. The summed E-state index contributed by atoms with van der Waals surface area (Å²) in [6, 6.07) is 8.86. The minimum absolute atomic E-state index is 0.136. The lowest BCUT2D eigenvalue weighted by Gasteiger charge is -2.44. The minimum atomic E-state index is -0.985. The highest BCUT2D eigenvalue weighted by molar-refractivity contribution is 8.31. The maximum atomic E-state index is 3.96. The molecule has 0 saturated heterocycles. The molecule has 0 radical (unpaired) electrons. The lowest BCUT2D eigenvalue weighted by molar-refractivity contribution is 0.529. The molecule has 2 aromatic heterocycles. The van der Waals surface area contributed by atoms with E-state index in [4.69, 9.17) is 0 Å². The topological polar surface area (TPSA) is 12.0 Å². The van der Waals surface area contributed by atoms with Gasteiger partial charge in [0.2, 0.25) is 0 Å². The monoisotopic (exact) mass is 389 g/mol. The molecule has 4 rings (SSSR count). The van der Waals surface area contributed by atoms with Gasteiger partial charge in [-0.15, -0.1) is 22.7 Å². The minimum Gasteiger partial charge on any atom is -0.275 e. The number of benzene rings is 1. The first-order chi connectivity index (χ1) is 11.6. The van der Waals surface area contributed by atoms with Crippen molar-refractivity contribution >= 4 is 57.9 Å². The van der Waals surface area contributed by atoms with E-state index in [-0.39, 0.29) is 5.54 Å². The second-order valence-electron chi connectivity index (χ2n) is 8.54. The zero-order valence-corrected chi connectivity index (χ0v) is 18.6. The molecule has 1 aliphatic rings. The molecule has 1 N–H and O–H groups in total. The summed E-state index contributed by atoms with van der Waals surface area (Å²) in [6.45, 7) is 11.5. The number of hydrogen-bond donors (Lipinski definition) is 1.